The summed E-state index contributed by atoms with van der Waals surface area (Å²) in [4.78, 5) is 20.6. The molecule has 0 aromatic carbocycles. The van der Waals surface area contributed by atoms with Crippen LogP contribution in [0.1, 0.15) is 194 Å². The van der Waals surface area contributed by atoms with E-state index in [9.17, 15) is 9.59 Å². The number of allylic oxidation sites excluding steroid dienone is 4. The molecule has 0 heterocycles. The highest BCUT2D eigenvalue weighted by Gasteiger charge is 2.29. The van der Waals surface area contributed by atoms with Crippen LogP contribution >= 0.6 is 0 Å². The third-order valence-corrected chi connectivity index (χ3v) is 8.82. The first-order chi connectivity index (χ1) is 25.1. The lowest BCUT2D eigenvalue weighted by molar-refractivity contribution is -0.138. The van der Waals surface area contributed by atoms with Crippen LogP contribution in [0.25, 0.3) is 0 Å². The second kappa shape index (κ2) is 45.3. The normalized spacial score (nSPS) is 13.6. The van der Waals surface area contributed by atoms with Gasteiger partial charge >= 0.3 is 11.9 Å². The molecule has 0 bridgehead atoms. The molecule has 8 N–H and O–H groups in total. The van der Waals surface area contributed by atoms with Gasteiger partial charge < -0.3 is 40.9 Å². The van der Waals surface area contributed by atoms with Crippen LogP contribution < -0.4 is 0 Å². The van der Waals surface area contributed by atoms with E-state index in [0.717, 1.165) is 25.7 Å². The van der Waals surface area contributed by atoms with Crippen molar-refractivity contribution in [2.75, 3.05) is 13.2 Å². The number of carboxylic acid groups (broad SMARTS) is 2. The number of hydrogen-bond donors (Lipinski definition) is 8. The van der Waals surface area contributed by atoms with Crippen molar-refractivity contribution in [1.82, 2.24) is 0 Å². The van der Waals surface area contributed by atoms with Crippen LogP contribution in [-0.4, -0.2) is 90.4 Å². The molecular weight excluding hydrogens is 664 g/mol. The molecule has 0 aromatic rings. The van der Waals surface area contributed by atoms with Gasteiger partial charge in [0.2, 0.25) is 0 Å². The van der Waals surface area contributed by atoms with Crippen molar-refractivity contribution in [3.8, 4) is 0 Å². The fraction of sp³-hybridized carbons (Fsp3) is 0.857. The zero-order valence-corrected chi connectivity index (χ0v) is 33.2. The van der Waals surface area contributed by atoms with Crippen molar-refractivity contribution in [1.29, 1.82) is 0 Å². The maximum absolute atomic E-state index is 10.3. The van der Waals surface area contributed by atoms with E-state index >= 15 is 0 Å². The Kier molecular flexibility index (Phi) is 47.5. The van der Waals surface area contributed by atoms with Crippen LogP contribution in [0, 0.1) is 0 Å². The van der Waals surface area contributed by atoms with E-state index < -0.39 is 49.6 Å². The van der Waals surface area contributed by atoms with Gasteiger partial charge in [-0.3, -0.25) is 9.59 Å². The summed E-state index contributed by atoms with van der Waals surface area (Å²) in [7, 11) is 0. The van der Waals surface area contributed by atoms with E-state index in [2.05, 4.69) is 38.2 Å². The summed E-state index contributed by atoms with van der Waals surface area (Å²) < 4.78 is 0. The molecule has 0 saturated heterocycles. The molecule has 0 fully saturated rings. The van der Waals surface area contributed by atoms with E-state index in [1.54, 1.807) is 0 Å². The Bertz CT molecular complexity index is 725. The van der Waals surface area contributed by atoms with Gasteiger partial charge in [0.1, 0.15) is 24.4 Å². The minimum absolute atomic E-state index is 0.332. The van der Waals surface area contributed by atoms with Crippen LogP contribution in [-0.2, 0) is 9.59 Å². The zero-order chi connectivity index (χ0) is 39.5. The van der Waals surface area contributed by atoms with Crippen LogP contribution in [0.4, 0.5) is 0 Å². The number of aliphatic hydroxyl groups excluding tert-OH is 6. The van der Waals surface area contributed by atoms with E-state index in [-0.39, 0.29) is 0 Å². The lowest BCUT2D eigenvalue weighted by Crippen LogP contribution is -2.46. The van der Waals surface area contributed by atoms with Crippen molar-refractivity contribution in [3.63, 3.8) is 0 Å². The van der Waals surface area contributed by atoms with Gasteiger partial charge in [-0.15, -0.1) is 0 Å². The molecule has 310 valence electrons. The number of unbranched alkanes of at least 4 members (excludes halogenated alkanes) is 22. The van der Waals surface area contributed by atoms with Crippen molar-refractivity contribution in [3.05, 3.63) is 24.3 Å². The third-order valence-electron chi connectivity index (χ3n) is 8.82. The second-order valence-corrected chi connectivity index (χ2v) is 13.9. The second-order valence-electron chi connectivity index (χ2n) is 13.9. The number of rotatable bonds is 35. The number of carboxylic acids is 2. The summed E-state index contributed by atoms with van der Waals surface area (Å²) in [6.07, 6.45) is 36.1. The Morgan fingerprint density at radius 2 is 0.635 bits per heavy atom. The van der Waals surface area contributed by atoms with Gasteiger partial charge in [-0.2, -0.15) is 0 Å². The lowest BCUT2D eigenvalue weighted by Gasteiger charge is -2.24. The maximum atomic E-state index is 10.3. The average Bonchev–Trinajstić information content (AvgIpc) is 3.13. The molecule has 0 rings (SSSR count). The Morgan fingerprint density at radius 1 is 0.404 bits per heavy atom. The predicted molar refractivity (Wildman–Crippen MR) is 212 cm³/mol. The van der Waals surface area contributed by atoms with Crippen molar-refractivity contribution in [2.24, 2.45) is 0 Å². The average molecular weight is 747 g/mol. The predicted octanol–water partition coefficient (Wildman–Crippen LogP) is 8.63. The monoisotopic (exact) mass is 747 g/mol. The fourth-order valence-corrected chi connectivity index (χ4v) is 5.37. The quantitative estimate of drug-likeness (QED) is 0.0230. The third kappa shape index (κ3) is 46.2. The van der Waals surface area contributed by atoms with Gasteiger partial charge in [-0.25, -0.2) is 0 Å². The van der Waals surface area contributed by atoms with Crippen LogP contribution in [0.3, 0.4) is 0 Å². The Balaban J connectivity index is -0.000000717. The van der Waals surface area contributed by atoms with Gasteiger partial charge in [-0.05, 0) is 64.2 Å². The summed E-state index contributed by atoms with van der Waals surface area (Å²) in [6, 6.07) is 0. The Morgan fingerprint density at radius 3 is 0.865 bits per heavy atom. The standard InChI is InChI=1S/2C18H34O2.C6H14O6/c2*1-2-3-4-5-6-7-8-9-10-11-12-13-14-15-16-17-18(19)20;7-1-3(9)5(11)6(12)4(10)2-8/h2*9-10H,2-8,11-17H2,1H3,(H,19,20);3-12H,1-2H2/b2*10-9-;/t;;3-,4-,5-,6-/m..1/s1. The van der Waals surface area contributed by atoms with Crippen molar-refractivity contribution < 1.29 is 50.4 Å². The topological polar surface area (TPSA) is 196 Å². The number of hydrogen-bond acceptors (Lipinski definition) is 8. The van der Waals surface area contributed by atoms with Gasteiger partial charge in [0.25, 0.3) is 0 Å². The summed E-state index contributed by atoms with van der Waals surface area (Å²) in [5.41, 5.74) is 0. The fourth-order valence-electron chi connectivity index (χ4n) is 5.37. The lowest BCUT2D eigenvalue weighted by atomic mass is 10.0. The Labute approximate surface area is 317 Å². The summed E-state index contributed by atoms with van der Waals surface area (Å²) >= 11 is 0. The number of carbonyl (C=O) groups is 2. The molecule has 0 unspecified atom stereocenters. The molecule has 0 amide bonds. The van der Waals surface area contributed by atoms with Gasteiger partial charge in [0, 0.05) is 12.8 Å². The first-order valence-corrected chi connectivity index (χ1v) is 20.8. The summed E-state index contributed by atoms with van der Waals surface area (Å²) in [5, 5.41) is 69.2. The SMILES string of the molecule is CCCCCCCC/C=C\CCCCCCCC(=O)O.CCCCCCCC/C=C\CCCCCCCC(=O)O.OC[C@@H](O)[C@@H](O)[C@H](O)[C@H](O)CO. The highest BCUT2D eigenvalue weighted by atomic mass is 16.4. The van der Waals surface area contributed by atoms with E-state index in [1.165, 1.54) is 141 Å². The molecule has 0 aliphatic heterocycles. The molecule has 0 aliphatic rings. The van der Waals surface area contributed by atoms with Crippen LogP contribution in [0.15, 0.2) is 24.3 Å². The maximum Gasteiger partial charge on any atom is 0.303 e. The Hall–Kier alpha value is -1.82. The molecule has 4 atom stereocenters. The smallest absolute Gasteiger partial charge is 0.303 e. The molecule has 0 radical (unpaired) electrons. The van der Waals surface area contributed by atoms with Crippen molar-refractivity contribution in [2.45, 2.75) is 218 Å². The molecule has 52 heavy (non-hydrogen) atoms. The first-order valence-electron chi connectivity index (χ1n) is 20.8. The summed E-state index contributed by atoms with van der Waals surface area (Å²) in [5.74, 6) is -1.33. The van der Waals surface area contributed by atoms with E-state index in [0.29, 0.717) is 12.8 Å². The molecule has 0 spiro atoms. The van der Waals surface area contributed by atoms with E-state index in [4.69, 9.17) is 40.9 Å². The highest BCUT2D eigenvalue weighted by Crippen LogP contribution is 2.11. The highest BCUT2D eigenvalue weighted by molar-refractivity contribution is 5.66. The van der Waals surface area contributed by atoms with Crippen LogP contribution in [0.2, 0.25) is 0 Å². The molecular formula is C42H82O10. The minimum atomic E-state index is -1.67. The zero-order valence-electron chi connectivity index (χ0n) is 33.2. The van der Waals surface area contributed by atoms with Crippen LogP contribution in [0.5, 0.6) is 0 Å². The number of aliphatic hydroxyl groups is 6. The van der Waals surface area contributed by atoms with Gasteiger partial charge in [0.05, 0.1) is 13.2 Å². The molecule has 10 nitrogen and oxygen atoms in total. The van der Waals surface area contributed by atoms with Gasteiger partial charge in [0.15, 0.2) is 0 Å². The molecule has 0 saturated carbocycles. The number of aliphatic carboxylic acids is 2. The van der Waals surface area contributed by atoms with Gasteiger partial charge in [-0.1, -0.05) is 141 Å². The molecule has 0 aliphatic carbocycles. The van der Waals surface area contributed by atoms with E-state index in [1.807, 2.05) is 0 Å². The van der Waals surface area contributed by atoms with Crippen molar-refractivity contribution >= 4 is 11.9 Å². The summed E-state index contributed by atoms with van der Waals surface area (Å²) in [6.45, 7) is 3.07. The minimum Gasteiger partial charge on any atom is -0.481 e. The first kappa shape index (κ1) is 54.5. The largest absolute Gasteiger partial charge is 0.481 e. The molecule has 10 heteroatoms. The molecule has 0 aromatic heterocycles.